The fourth-order valence-electron chi connectivity index (χ4n) is 1.90. The van der Waals surface area contributed by atoms with E-state index in [9.17, 15) is 4.79 Å². The number of halogens is 1. The maximum absolute atomic E-state index is 11.2. The summed E-state index contributed by atoms with van der Waals surface area (Å²) in [7, 11) is 0. The van der Waals surface area contributed by atoms with Gasteiger partial charge in [-0.15, -0.1) is 11.6 Å². The van der Waals surface area contributed by atoms with Gasteiger partial charge in [0, 0.05) is 0 Å². The van der Waals surface area contributed by atoms with Gasteiger partial charge in [0.25, 0.3) is 0 Å². The second kappa shape index (κ2) is 4.96. The van der Waals surface area contributed by atoms with Gasteiger partial charge >= 0.3 is 5.69 Å². The van der Waals surface area contributed by atoms with Gasteiger partial charge in [-0.05, 0) is 30.0 Å². The van der Waals surface area contributed by atoms with Crippen LogP contribution in [0, 0.1) is 5.92 Å². The van der Waals surface area contributed by atoms with Crippen LogP contribution in [0.1, 0.15) is 37.6 Å². The number of imidazole rings is 1. The molecule has 2 N–H and O–H groups in total. The van der Waals surface area contributed by atoms with Crippen molar-refractivity contribution in [3.63, 3.8) is 0 Å². The van der Waals surface area contributed by atoms with E-state index in [0.717, 1.165) is 29.4 Å². The minimum Gasteiger partial charge on any atom is -0.306 e. The Morgan fingerprint density at radius 3 is 2.71 bits per heavy atom. The maximum Gasteiger partial charge on any atom is 0.323 e. The van der Waals surface area contributed by atoms with E-state index in [1.54, 1.807) is 0 Å². The zero-order valence-electron chi connectivity index (χ0n) is 10.1. The summed E-state index contributed by atoms with van der Waals surface area (Å²) >= 11 is 6.38. The third-order valence-electron chi connectivity index (χ3n) is 3.21. The Balaban J connectivity index is 2.26. The summed E-state index contributed by atoms with van der Waals surface area (Å²) in [5.74, 6) is 0.610. The van der Waals surface area contributed by atoms with E-state index in [-0.39, 0.29) is 11.1 Å². The van der Waals surface area contributed by atoms with E-state index in [0.29, 0.717) is 5.92 Å². The molecule has 1 heterocycles. The van der Waals surface area contributed by atoms with Crippen LogP contribution in [0.15, 0.2) is 23.0 Å². The summed E-state index contributed by atoms with van der Waals surface area (Å²) in [5.41, 5.74) is 2.54. The highest BCUT2D eigenvalue weighted by Gasteiger charge is 2.12. The van der Waals surface area contributed by atoms with Gasteiger partial charge in [0.2, 0.25) is 0 Å². The first-order valence-corrected chi connectivity index (χ1v) is 6.39. The lowest BCUT2D eigenvalue weighted by atomic mass is 9.98. The quantitative estimate of drug-likeness (QED) is 0.803. The molecule has 0 amide bonds. The number of aromatic amines is 2. The van der Waals surface area contributed by atoms with Crippen molar-refractivity contribution in [1.29, 1.82) is 0 Å². The molecular weight excluding hydrogens is 236 g/mol. The van der Waals surface area contributed by atoms with Crippen molar-refractivity contribution in [2.75, 3.05) is 0 Å². The highest BCUT2D eigenvalue weighted by molar-refractivity contribution is 6.20. The Labute approximate surface area is 105 Å². The first-order chi connectivity index (χ1) is 8.10. The SMILES string of the molecule is CCC(C)CC(Cl)c1ccc2[nH]c(=O)[nH]c2c1. The molecule has 92 valence electrons. The molecule has 0 aliphatic rings. The second-order valence-corrected chi connectivity index (χ2v) is 5.13. The summed E-state index contributed by atoms with van der Waals surface area (Å²) < 4.78 is 0. The molecular formula is C13H17ClN2O. The second-order valence-electron chi connectivity index (χ2n) is 4.60. The average molecular weight is 253 g/mol. The Morgan fingerprint density at radius 2 is 2.00 bits per heavy atom. The highest BCUT2D eigenvalue weighted by atomic mass is 35.5. The predicted octanol–water partition coefficient (Wildman–Crippen LogP) is 3.57. The molecule has 2 aromatic rings. The first-order valence-electron chi connectivity index (χ1n) is 5.96. The third-order valence-corrected chi connectivity index (χ3v) is 3.64. The lowest BCUT2D eigenvalue weighted by molar-refractivity contribution is 0.508. The fourth-order valence-corrected chi connectivity index (χ4v) is 2.34. The third kappa shape index (κ3) is 2.72. The summed E-state index contributed by atoms with van der Waals surface area (Å²) in [6, 6.07) is 5.83. The number of alkyl halides is 1. The van der Waals surface area contributed by atoms with Gasteiger partial charge in [-0.25, -0.2) is 4.79 Å². The molecule has 17 heavy (non-hydrogen) atoms. The molecule has 0 fully saturated rings. The summed E-state index contributed by atoms with van der Waals surface area (Å²) in [4.78, 5) is 16.6. The molecule has 0 saturated carbocycles. The predicted molar refractivity (Wildman–Crippen MR) is 71.6 cm³/mol. The van der Waals surface area contributed by atoms with Crippen LogP contribution >= 0.6 is 11.6 Å². The van der Waals surface area contributed by atoms with Gasteiger partial charge in [0.1, 0.15) is 0 Å². The van der Waals surface area contributed by atoms with E-state index in [2.05, 4.69) is 23.8 Å². The van der Waals surface area contributed by atoms with E-state index < -0.39 is 0 Å². The topological polar surface area (TPSA) is 48.6 Å². The number of hydrogen-bond donors (Lipinski definition) is 2. The van der Waals surface area contributed by atoms with E-state index in [1.165, 1.54) is 0 Å². The van der Waals surface area contributed by atoms with Crippen molar-refractivity contribution in [3.8, 4) is 0 Å². The number of benzene rings is 1. The number of rotatable bonds is 4. The van der Waals surface area contributed by atoms with E-state index in [1.807, 2.05) is 18.2 Å². The average Bonchev–Trinajstić information content (AvgIpc) is 2.67. The summed E-state index contributed by atoms with van der Waals surface area (Å²) in [5, 5.41) is 0.00718. The van der Waals surface area contributed by atoms with Crippen molar-refractivity contribution in [2.24, 2.45) is 5.92 Å². The standard InChI is InChI=1S/C13H17ClN2O/c1-3-8(2)6-10(14)9-4-5-11-12(7-9)16-13(17)15-11/h4-5,7-8,10H,3,6H2,1-2H3,(H2,15,16,17). The molecule has 0 radical (unpaired) electrons. The van der Waals surface area contributed by atoms with Crippen molar-refractivity contribution < 1.29 is 0 Å². The molecule has 1 aromatic heterocycles. The van der Waals surface area contributed by atoms with Crippen molar-refractivity contribution in [1.82, 2.24) is 9.97 Å². The largest absolute Gasteiger partial charge is 0.323 e. The van der Waals surface area contributed by atoms with Gasteiger partial charge in [-0.1, -0.05) is 26.3 Å². The molecule has 4 heteroatoms. The Kier molecular flexibility index (Phi) is 3.57. The van der Waals surface area contributed by atoms with Crippen LogP contribution in [0.3, 0.4) is 0 Å². The highest BCUT2D eigenvalue weighted by Crippen LogP contribution is 2.30. The molecule has 2 rings (SSSR count). The molecule has 2 unspecified atom stereocenters. The zero-order chi connectivity index (χ0) is 12.4. The lowest BCUT2D eigenvalue weighted by Gasteiger charge is -2.14. The first kappa shape index (κ1) is 12.2. The monoisotopic (exact) mass is 252 g/mol. The van der Waals surface area contributed by atoms with Gasteiger partial charge in [0.05, 0.1) is 16.4 Å². The zero-order valence-corrected chi connectivity index (χ0v) is 10.8. The molecule has 0 bridgehead atoms. The Bertz CT molecular complexity index is 558. The number of nitrogens with one attached hydrogen (secondary N) is 2. The van der Waals surface area contributed by atoms with Crippen LogP contribution in [0.5, 0.6) is 0 Å². The maximum atomic E-state index is 11.2. The number of fused-ring (bicyclic) bond motifs is 1. The summed E-state index contributed by atoms with van der Waals surface area (Å²) in [6.07, 6.45) is 2.09. The van der Waals surface area contributed by atoms with Crippen LogP contribution < -0.4 is 5.69 Å². The molecule has 0 aliphatic heterocycles. The molecule has 0 spiro atoms. The molecule has 1 aromatic carbocycles. The minimum absolute atomic E-state index is 0.00718. The van der Waals surface area contributed by atoms with Crippen molar-refractivity contribution in [2.45, 2.75) is 32.1 Å². The normalized spacial score (nSPS) is 15.0. The van der Waals surface area contributed by atoms with Gasteiger partial charge in [-0.3, -0.25) is 0 Å². The van der Waals surface area contributed by atoms with E-state index >= 15 is 0 Å². The van der Waals surface area contributed by atoms with Crippen molar-refractivity contribution >= 4 is 22.6 Å². The summed E-state index contributed by atoms with van der Waals surface area (Å²) in [6.45, 7) is 4.37. The Hall–Kier alpha value is -1.22. The lowest BCUT2D eigenvalue weighted by Crippen LogP contribution is -1.99. The van der Waals surface area contributed by atoms with Crippen LogP contribution in [-0.2, 0) is 0 Å². The van der Waals surface area contributed by atoms with Gasteiger partial charge in [0.15, 0.2) is 0 Å². The molecule has 0 aliphatic carbocycles. The smallest absolute Gasteiger partial charge is 0.306 e. The molecule has 3 nitrogen and oxygen atoms in total. The minimum atomic E-state index is -0.176. The van der Waals surface area contributed by atoms with Crippen molar-refractivity contribution in [3.05, 3.63) is 34.2 Å². The van der Waals surface area contributed by atoms with E-state index in [4.69, 9.17) is 11.6 Å². The molecule has 0 saturated heterocycles. The van der Waals surface area contributed by atoms with Gasteiger partial charge < -0.3 is 9.97 Å². The van der Waals surface area contributed by atoms with Crippen LogP contribution in [-0.4, -0.2) is 9.97 Å². The molecule has 2 atom stereocenters. The number of aromatic nitrogens is 2. The van der Waals surface area contributed by atoms with Gasteiger partial charge in [-0.2, -0.15) is 0 Å². The number of H-pyrrole nitrogens is 2. The van der Waals surface area contributed by atoms with Crippen LogP contribution in [0.2, 0.25) is 0 Å². The van der Waals surface area contributed by atoms with Crippen LogP contribution in [0.25, 0.3) is 11.0 Å². The fraction of sp³-hybridized carbons (Fsp3) is 0.462. The Morgan fingerprint density at radius 1 is 1.29 bits per heavy atom. The van der Waals surface area contributed by atoms with Crippen LogP contribution in [0.4, 0.5) is 0 Å². The number of hydrogen-bond acceptors (Lipinski definition) is 1.